The minimum Gasteiger partial charge on any atom is -0.395 e. The molecule has 0 aliphatic rings. The third-order valence-corrected chi connectivity index (χ3v) is 1.28. The number of rotatable bonds is 2. The van der Waals surface area contributed by atoms with Crippen molar-refractivity contribution in [1.82, 2.24) is 14.8 Å². The van der Waals surface area contributed by atoms with Crippen LogP contribution in [0.25, 0.3) is 0 Å². The largest absolute Gasteiger partial charge is 0.395 e. The standard InChI is InChI=1S/C4H7N3OS/c8-2-1-7-3-5-6-4(7)9/h3,8H,1-2H2,(H,6,9). The van der Waals surface area contributed by atoms with Crippen molar-refractivity contribution in [2.75, 3.05) is 6.61 Å². The Hall–Kier alpha value is -0.680. The molecule has 50 valence electrons. The van der Waals surface area contributed by atoms with Crippen molar-refractivity contribution in [3.63, 3.8) is 0 Å². The molecule has 0 amide bonds. The minimum absolute atomic E-state index is 0.0911. The molecule has 4 nitrogen and oxygen atoms in total. The lowest BCUT2D eigenvalue weighted by molar-refractivity contribution is 0.275. The number of nitrogens with one attached hydrogen (secondary N) is 1. The van der Waals surface area contributed by atoms with E-state index in [1.807, 2.05) is 0 Å². The smallest absolute Gasteiger partial charge is 0.195 e. The van der Waals surface area contributed by atoms with E-state index in [2.05, 4.69) is 10.2 Å². The van der Waals surface area contributed by atoms with E-state index in [0.29, 0.717) is 11.3 Å². The summed E-state index contributed by atoms with van der Waals surface area (Å²) in [5.41, 5.74) is 0. The van der Waals surface area contributed by atoms with Crippen LogP contribution in [0.15, 0.2) is 6.33 Å². The van der Waals surface area contributed by atoms with Crippen LogP contribution in [-0.2, 0) is 6.54 Å². The fourth-order valence-electron chi connectivity index (χ4n) is 0.537. The Labute approximate surface area is 57.1 Å². The van der Waals surface area contributed by atoms with Gasteiger partial charge in [0, 0.05) is 6.54 Å². The van der Waals surface area contributed by atoms with Gasteiger partial charge in [-0.1, -0.05) is 0 Å². The summed E-state index contributed by atoms with van der Waals surface area (Å²) in [6, 6.07) is 0. The molecule has 0 spiro atoms. The van der Waals surface area contributed by atoms with E-state index in [9.17, 15) is 0 Å². The molecule has 1 heterocycles. The molecule has 1 aromatic rings. The number of nitrogens with zero attached hydrogens (tertiary/aromatic N) is 2. The van der Waals surface area contributed by atoms with Crippen LogP contribution in [0.2, 0.25) is 0 Å². The predicted octanol–water partition coefficient (Wildman–Crippen LogP) is -0.0670. The first kappa shape index (κ1) is 6.44. The van der Waals surface area contributed by atoms with E-state index in [1.54, 1.807) is 10.9 Å². The van der Waals surface area contributed by atoms with Crippen molar-refractivity contribution < 1.29 is 5.11 Å². The van der Waals surface area contributed by atoms with Gasteiger partial charge in [0.1, 0.15) is 6.33 Å². The molecule has 0 aromatic carbocycles. The van der Waals surface area contributed by atoms with E-state index in [1.165, 1.54) is 0 Å². The molecule has 0 fully saturated rings. The molecule has 0 radical (unpaired) electrons. The maximum absolute atomic E-state index is 8.45. The van der Waals surface area contributed by atoms with E-state index < -0.39 is 0 Å². The fraction of sp³-hybridized carbons (Fsp3) is 0.500. The summed E-state index contributed by atoms with van der Waals surface area (Å²) in [6.07, 6.45) is 1.55. The third-order valence-electron chi connectivity index (χ3n) is 0.959. The average molecular weight is 145 g/mol. The summed E-state index contributed by atoms with van der Waals surface area (Å²) in [5.74, 6) is 0. The van der Waals surface area contributed by atoms with E-state index in [0.717, 1.165) is 0 Å². The van der Waals surface area contributed by atoms with E-state index >= 15 is 0 Å². The molecule has 1 aromatic heterocycles. The summed E-state index contributed by atoms with van der Waals surface area (Å²) in [4.78, 5) is 0. The number of aliphatic hydroxyl groups excluding tert-OH is 1. The summed E-state index contributed by atoms with van der Waals surface area (Å²) >= 11 is 4.78. The first-order valence-corrected chi connectivity index (χ1v) is 2.96. The second kappa shape index (κ2) is 2.75. The summed E-state index contributed by atoms with van der Waals surface area (Å²) < 4.78 is 2.21. The highest BCUT2D eigenvalue weighted by atomic mass is 32.1. The Morgan fingerprint density at radius 1 is 1.89 bits per heavy atom. The van der Waals surface area contributed by atoms with Gasteiger partial charge in [-0.05, 0) is 12.2 Å². The molecule has 0 bridgehead atoms. The lowest BCUT2D eigenvalue weighted by Gasteiger charge is -1.92. The van der Waals surface area contributed by atoms with Crippen molar-refractivity contribution in [2.45, 2.75) is 6.54 Å². The predicted molar refractivity (Wildman–Crippen MR) is 34.5 cm³/mol. The van der Waals surface area contributed by atoms with Crippen LogP contribution in [-0.4, -0.2) is 26.5 Å². The Kier molecular flexibility index (Phi) is 1.96. The molecule has 0 saturated heterocycles. The summed E-state index contributed by atoms with van der Waals surface area (Å²) in [5, 5.41) is 14.7. The Morgan fingerprint density at radius 3 is 3.11 bits per heavy atom. The SMILES string of the molecule is OCCn1cn[nH]c1=S. The fourth-order valence-corrected chi connectivity index (χ4v) is 0.729. The van der Waals surface area contributed by atoms with Crippen molar-refractivity contribution >= 4 is 12.2 Å². The third kappa shape index (κ3) is 1.36. The highest BCUT2D eigenvalue weighted by Gasteiger charge is 1.88. The Morgan fingerprint density at radius 2 is 2.67 bits per heavy atom. The highest BCUT2D eigenvalue weighted by Crippen LogP contribution is 1.84. The molecule has 5 heteroatoms. The maximum Gasteiger partial charge on any atom is 0.195 e. The molecule has 2 N–H and O–H groups in total. The molecule has 0 aliphatic carbocycles. The topological polar surface area (TPSA) is 53.8 Å². The number of aliphatic hydroxyl groups is 1. The molecule has 0 saturated carbocycles. The number of hydrogen-bond acceptors (Lipinski definition) is 3. The lowest BCUT2D eigenvalue weighted by atomic mass is 10.7. The lowest BCUT2D eigenvalue weighted by Crippen LogP contribution is -1.99. The number of hydrogen-bond donors (Lipinski definition) is 2. The monoisotopic (exact) mass is 145 g/mol. The van der Waals surface area contributed by atoms with Gasteiger partial charge in [0.05, 0.1) is 6.61 Å². The second-order valence-electron chi connectivity index (χ2n) is 1.58. The quantitative estimate of drug-likeness (QED) is 0.573. The Bertz CT molecular complexity index is 228. The van der Waals surface area contributed by atoms with Gasteiger partial charge in [-0.25, -0.2) is 0 Å². The second-order valence-corrected chi connectivity index (χ2v) is 1.97. The van der Waals surface area contributed by atoms with Crippen molar-refractivity contribution in [3.8, 4) is 0 Å². The first-order valence-electron chi connectivity index (χ1n) is 2.55. The molecule has 0 aliphatic heterocycles. The van der Waals surface area contributed by atoms with Gasteiger partial charge in [-0.2, -0.15) is 5.10 Å². The molecule has 0 atom stereocenters. The van der Waals surface area contributed by atoms with Gasteiger partial charge in [0.25, 0.3) is 0 Å². The molecule has 1 rings (SSSR count). The molecular formula is C4H7N3OS. The van der Waals surface area contributed by atoms with Gasteiger partial charge in [-0.3, -0.25) is 5.10 Å². The molecule has 9 heavy (non-hydrogen) atoms. The Balaban J connectivity index is 2.81. The highest BCUT2D eigenvalue weighted by molar-refractivity contribution is 7.71. The van der Waals surface area contributed by atoms with Gasteiger partial charge in [-0.15, -0.1) is 0 Å². The first-order chi connectivity index (χ1) is 4.34. The van der Waals surface area contributed by atoms with Gasteiger partial charge in [0.15, 0.2) is 4.77 Å². The number of aromatic amines is 1. The zero-order valence-electron chi connectivity index (χ0n) is 4.74. The van der Waals surface area contributed by atoms with Crippen molar-refractivity contribution in [3.05, 3.63) is 11.1 Å². The van der Waals surface area contributed by atoms with Gasteiger partial charge in [0.2, 0.25) is 0 Å². The maximum atomic E-state index is 8.45. The van der Waals surface area contributed by atoms with Crippen LogP contribution >= 0.6 is 12.2 Å². The van der Waals surface area contributed by atoms with E-state index in [4.69, 9.17) is 17.3 Å². The van der Waals surface area contributed by atoms with Crippen LogP contribution in [0.4, 0.5) is 0 Å². The average Bonchev–Trinajstić information content (AvgIpc) is 2.18. The van der Waals surface area contributed by atoms with Crippen LogP contribution in [0, 0.1) is 4.77 Å². The van der Waals surface area contributed by atoms with Crippen LogP contribution in [0.5, 0.6) is 0 Å². The van der Waals surface area contributed by atoms with E-state index in [-0.39, 0.29) is 6.61 Å². The zero-order chi connectivity index (χ0) is 6.69. The number of aromatic nitrogens is 3. The molecule has 0 unspecified atom stereocenters. The van der Waals surface area contributed by atoms with Crippen LogP contribution in [0.3, 0.4) is 0 Å². The van der Waals surface area contributed by atoms with Crippen molar-refractivity contribution in [2.24, 2.45) is 0 Å². The zero-order valence-corrected chi connectivity index (χ0v) is 5.56. The van der Waals surface area contributed by atoms with Gasteiger partial charge >= 0.3 is 0 Å². The minimum atomic E-state index is 0.0911. The summed E-state index contributed by atoms with van der Waals surface area (Å²) in [6.45, 7) is 0.600. The van der Waals surface area contributed by atoms with Gasteiger partial charge < -0.3 is 9.67 Å². The van der Waals surface area contributed by atoms with Crippen molar-refractivity contribution in [1.29, 1.82) is 0 Å². The normalized spacial score (nSPS) is 9.89. The van der Waals surface area contributed by atoms with Crippen LogP contribution in [0.1, 0.15) is 0 Å². The molecular weight excluding hydrogens is 138 g/mol. The summed E-state index contributed by atoms with van der Waals surface area (Å²) in [7, 11) is 0. The number of H-pyrrole nitrogens is 1. The van der Waals surface area contributed by atoms with Crippen LogP contribution < -0.4 is 0 Å².